The highest BCUT2D eigenvalue weighted by Gasteiger charge is 2.18. The van der Waals surface area contributed by atoms with Gasteiger partial charge < -0.3 is 10.1 Å². The number of amides is 1. The van der Waals surface area contributed by atoms with Crippen LogP contribution in [0.3, 0.4) is 0 Å². The summed E-state index contributed by atoms with van der Waals surface area (Å²) < 4.78 is 6.26. The number of esters is 1. The van der Waals surface area contributed by atoms with Crippen molar-refractivity contribution in [3.05, 3.63) is 100 Å². The average molecular weight is 399 g/mol. The number of para-hydroxylation sites is 2. The molecule has 1 aromatic heterocycles. The minimum atomic E-state index is -0.669. The average Bonchev–Trinajstić information content (AvgIpc) is 2.79. The molecule has 0 aliphatic rings. The van der Waals surface area contributed by atoms with Crippen LogP contribution in [0.4, 0.5) is 5.69 Å². The van der Waals surface area contributed by atoms with E-state index in [4.69, 9.17) is 4.74 Å². The van der Waals surface area contributed by atoms with Gasteiger partial charge >= 0.3 is 5.97 Å². The first-order chi connectivity index (χ1) is 14.6. The van der Waals surface area contributed by atoms with Gasteiger partial charge in [-0.15, -0.1) is 0 Å². The molecule has 0 bridgehead atoms. The van der Waals surface area contributed by atoms with Gasteiger partial charge in [0.25, 0.3) is 5.91 Å². The van der Waals surface area contributed by atoms with Crippen molar-refractivity contribution in [3.63, 3.8) is 0 Å². The van der Waals surface area contributed by atoms with E-state index in [9.17, 15) is 14.4 Å². The molecular formula is C23H17N3O4. The van der Waals surface area contributed by atoms with Crippen LogP contribution >= 0.6 is 0 Å². The van der Waals surface area contributed by atoms with E-state index in [1.54, 1.807) is 47.1 Å². The largest absolute Gasteiger partial charge is 0.465 e. The topological polar surface area (TPSA) is 90.3 Å². The molecule has 148 valence electrons. The molecule has 3 aromatic carbocycles. The molecule has 0 radical (unpaired) electrons. The predicted octanol–water partition coefficient (Wildman–Crippen LogP) is 3.42. The van der Waals surface area contributed by atoms with Crippen molar-refractivity contribution in [2.45, 2.75) is 0 Å². The number of nitrogens with zero attached hydrogens (tertiary/aromatic N) is 2. The Morgan fingerprint density at radius 2 is 1.67 bits per heavy atom. The second kappa shape index (κ2) is 8.00. The Morgan fingerprint density at radius 1 is 0.933 bits per heavy atom. The lowest BCUT2D eigenvalue weighted by Crippen LogP contribution is -2.26. The van der Waals surface area contributed by atoms with Crippen molar-refractivity contribution in [2.24, 2.45) is 0 Å². The molecule has 30 heavy (non-hydrogen) atoms. The molecular weight excluding hydrogens is 382 g/mol. The Kier molecular flexibility index (Phi) is 5.09. The third-order valence-corrected chi connectivity index (χ3v) is 4.55. The Labute approximate surface area is 171 Å². The standard InChI is InChI=1S/C23H17N3O4/c1-30-23(29)15-8-7-9-16(14-15)24-22(28)20-21(27)18-12-5-6-13-19(18)26(25-20)17-10-3-2-4-11-17/h2-14H,1H3,(H,24,28). The molecule has 0 saturated carbocycles. The van der Waals surface area contributed by atoms with Gasteiger partial charge in [0.2, 0.25) is 5.43 Å². The quantitative estimate of drug-likeness (QED) is 0.531. The molecule has 1 amide bonds. The number of rotatable bonds is 4. The summed E-state index contributed by atoms with van der Waals surface area (Å²) in [6.45, 7) is 0. The second-order valence-corrected chi connectivity index (χ2v) is 6.47. The molecule has 0 unspecified atom stereocenters. The van der Waals surface area contributed by atoms with Gasteiger partial charge in [0.1, 0.15) is 0 Å². The first-order valence-electron chi connectivity index (χ1n) is 9.15. The van der Waals surface area contributed by atoms with E-state index in [0.29, 0.717) is 16.6 Å². The molecule has 0 spiro atoms. The number of ether oxygens (including phenoxy) is 1. The summed E-state index contributed by atoms with van der Waals surface area (Å²) in [5, 5.41) is 7.36. The smallest absolute Gasteiger partial charge is 0.337 e. The molecule has 0 atom stereocenters. The number of hydrogen-bond acceptors (Lipinski definition) is 5. The number of carbonyl (C=O) groups is 2. The van der Waals surface area contributed by atoms with Gasteiger partial charge in [-0.05, 0) is 42.5 Å². The van der Waals surface area contributed by atoms with Crippen molar-refractivity contribution in [1.29, 1.82) is 0 Å². The van der Waals surface area contributed by atoms with Gasteiger partial charge in [0.15, 0.2) is 5.69 Å². The lowest BCUT2D eigenvalue weighted by atomic mass is 10.1. The second-order valence-electron chi connectivity index (χ2n) is 6.47. The SMILES string of the molecule is COC(=O)c1cccc(NC(=O)c2nn(-c3ccccc3)c3ccccc3c2=O)c1. The third kappa shape index (κ3) is 3.56. The van der Waals surface area contributed by atoms with Crippen LogP contribution in [0.15, 0.2) is 83.7 Å². The summed E-state index contributed by atoms with van der Waals surface area (Å²) in [5.41, 5.74) is 1.22. The Hall–Kier alpha value is -4.26. The van der Waals surface area contributed by atoms with Gasteiger partial charge in [-0.25, -0.2) is 9.48 Å². The first kappa shape index (κ1) is 19.1. The molecule has 0 fully saturated rings. The summed E-state index contributed by atoms with van der Waals surface area (Å²) in [5.74, 6) is -1.20. The van der Waals surface area contributed by atoms with E-state index in [-0.39, 0.29) is 11.3 Å². The van der Waals surface area contributed by atoms with E-state index in [1.807, 2.05) is 30.3 Å². The predicted molar refractivity (Wildman–Crippen MR) is 113 cm³/mol. The van der Waals surface area contributed by atoms with Crippen molar-refractivity contribution >= 4 is 28.5 Å². The maximum absolute atomic E-state index is 13.0. The highest BCUT2D eigenvalue weighted by atomic mass is 16.5. The van der Waals surface area contributed by atoms with Crippen LogP contribution in [0.1, 0.15) is 20.8 Å². The number of hydrogen-bond donors (Lipinski definition) is 1. The molecule has 7 heteroatoms. The minimum absolute atomic E-state index is 0.249. The van der Waals surface area contributed by atoms with Crippen LogP contribution in [0.5, 0.6) is 0 Å². The molecule has 0 saturated heterocycles. The summed E-state index contributed by atoms with van der Waals surface area (Å²) in [6, 6.07) is 22.5. The van der Waals surface area contributed by atoms with Crippen LogP contribution in [-0.2, 0) is 4.74 Å². The zero-order valence-corrected chi connectivity index (χ0v) is 16.0. The normalized spacial score (nSPS) is 10.6. The number of fused-ring (bicyclic) bond motifs is 1. The monoisotopic (exact) mass is 399 g/mol. The van der Waals surface area contributed by atoms with Gasteiger partial charge in [0.05, 0.1) is 29.3 Å². The number of anilines is 1. The Morgan fingerprint density at radius 3 is 2.43 bits per heavy atom. The first-order valence-corrected chi connectivity index (χ1v) is 9.15. The third-order valence-electron chi connectivity index (χ3n) is 4.55. The van der Waals surface area contributed by atoms with Crippen molar-refractivity contribution < 1.29 is 14.3 Å². The molecule has 7 nitrogen and oxygen atoms in total. The van der Waals surface area contributed by atoms with Crippen molar-refractivity contribution in [3.8, 4) is 5.69 Å². The number of benzene rings is 3. The van der Waals surface area contributed by atoms with Crippen molar-refractivity contribution in [2.75, 3.05) is 12.4 Å². The van der Waals surface area contributed by atoms with Crippen LogP contribution in [-0.4, -0.2) is 28.8 Å². The summed E-state index contributed by atoms with van der Waals surface area (Å²) in [4.78, 5) is 37.6. The Bertz CT molecular complexity index is 1310. The highest BCUT2D eigenvalue weighted by molar-refractivity contribution is 6.05. The number of carbonyl (C=O) groups excluding carboxylic acids is 2. The molecule has 0 aliphatic heterocycles. The van der Waals surface area contributed by atoms with Crippen LogP contribution in [0, 0.1) is 0 Å². The molecule has 1 N–H and O–H groups in total. The number of aromatic nitrogens is 2. The summed E-state index contributed by atoms with van der Waals surface area (Å²) in [7, 11) is 1.28. The zero-order chi connectivity index (χ0) is 21.1. The zero-order valence-electron chi connectivity index (χ0n) is 16.0. The van der Waals surface area contributed by atoms with Crippen LogP contribution < -0.4 is 10.7 Å². The summed E-state index contributed by atoms with van der Waals surface area (Å²) >= 11 is 0. The van der Waals surface area contributed by atoms with E-state index in [0.717, 1.165) is 5.69 Å². The van der Waals surface area contributed by atoms with E-state index >= 15 is 0 Å². The fourth-order valence-electron chi connectivity index (χ4n) is 3.12. The number of methoxy groups -OCH3 is 1. The van der Waals surface area contributed by atoms with Crippen LogP contribution in [0.25, 0.3) is 16.6 Å². The molecule has 1 heterocycles. The fraction of sp³-hybridized carbons (Fsp3) is 0.0435. The number of nitrogens with one attached hydrogen (secondary N) is 1. The summed E-state index contributed by atoms with van der Waals surface area (Å²) in [6.07, 6.45) is 0. The molecule has 4 rings (SSSR count). The Balaban J connectivity index is 1.79. The van der Waals surface area contributed by atoms with E-state index < -0.39 is 17.3 Å². The fourth-order valence-corrected chi connectivity index (χ4v) is 3.12. The highest BCUT2D eigenvalue weighted by Crippen LogP contribution is 2.17. The molecule has 0 aliphatic carbocycles. The van der Waals surface area contributed by atoms with Gasteiger partial charge in [0, 0.05) is 5.69 Å². The maximum atomic E-state index is 13.0. The van der Waals surface area contributed by atoms with Gasteiger partial charge in [-0.2, -0.15) is 5.10 Å². The van der Waals surface area contributed by atoms with E-state index in [1.165, 1.54) is 13.2 Å². The minimum Gasteiger partial charge on any atom is -0.465 e. The van der Waals surface area contributed by atoms with Gasteiger partial charge in [-0.1, -0.05) is 36.4 Å². The van der Waals surface area contributed by atoms with E-state index in [2.05, 4.69) is 10.4 Å². The maximum Gasteiger partial charge on any atom is 0.337 e. The lowest BCUT2D eigenvalue weighted by Gasteiger charge is -2.12. The molecule has 4 aromatic rings. The van der Waals surface area contributed by atoms with Gasteiger partial charge in [-0.3, -0.25) is 9.59 Å². The van der Waals surface area contributed by atoms with Crippen molar-refractivity contribution in [1.82, 2.24) is 9.78 Å². The van der Waals surface area contributed by atoms with Crippen LogP contribution in [0.2, 0.25) is 0 Å². The lowest BCUT2D eigenvalue weighted by molar-refractivity contribution is 0.0600.